The van der Waals surface area contributed by atoms with Crippen molar-refractivity contribution in [2.24, 2.45) is 0 Å². The summed E-state index contributed by atoms with van der Waals surface area (Å²) >= 11 is 0. The SMILES string of the molecule is CNC1(C(=O)N(C)C)CC1. The standard InChI is InChI=1S/C7H14N2O/c1-8-7(4-5-7)6(10)9(2)3/h8H,4-5H2,1-3H3. The van der Waals surface area contributed by atoms with Crippen molar-refractivity contribution in [1.29, 1.82) is 0 Å². The quantitative estimate of drug-likeness (QED) is 0.580. The van der Waals surface area contributed by atoms with Gasteiger partial charge in [-0.3, -0.25) is 4.79 Å². The summed E-state index contributed by atoms with van der Waals surface area (Å²) in [7, 11) is 5.42. The molecule has 0 aromatic heterocycles. The molecule has 0 aliphatic heterocycles. The minimum atomic E-state index is -0.191. The van der Waals surface area contributed by atoms with E-state index in [1.807, 2.05) is 7.05 Å². The molecule has 1 aliphatic rings. The normalized spacial score (nSPS) is 20.3. The van der Waals surface area contributed by atoms with Gasteiger partial charge in [-0.1, -0.05) is 0 Å². The Balaban J connectivity index is 2.56. The predicted molar refractivity (Wildman–Crippen MR) is 39.7 cm³/mol. The van der Waals surface area contributed by atoms with Gasteiger partial charge in [0.2, 0.25) is 5.91 Å². The van der Waals surface area contributed by atoms with Crippen molar-refractivity contribution in [3.63, 3.8) is 0 Å². The van der Waals surface area contributed by atoms with Gasteiger partial charge in [0.25, 0.3) is 0 Å². The molecule has 3 nitrogen and oxygen atoms in total. The second kappa shape index (κ2) is 2.23. The Bertz CT molecular complexity index is 150. The Morgan fingerprint density at radius 3 is 2.10 bits per heavy atom. The van der Waals surface area contributed by atoms with Gasteiger partial charge in [0.05, 0.1) is 5.54 Å². The number of carbonyl (C=O) groups excluding carboxylic acids is 1. The van der Waals surface area contributed by atoms with E-state index in [4.69, 9.17) is 0 Å². The van der Waals surface area contributed by atoms with Gasteiger partial charge in [-0.25, -0.2) is 0 Å². The zero-order valence-electron chi connectivity index (χ0n) is 6.77. The number of likely N-dealkylation sites (N-methyl/N-ethyl adjacent to an activating group) is 2. The van der Waals surface area contributed by atoms with Crippen molar-refractivity contribution in [3.8, 4) is 0 Å². The number of rotatable bonds is 2. The van der Waals surface area contributed by atoms with Crippen molar-refractivity contribution < 1.29 is 4.79 Å². The van der Waals surface area contributed by atoms with E-state index in [0.717, 1.165) is 12.8 Å². The first kappa shape index (κ1) is 7.54. The van der Waals surface area contributed by atoms with E-state index in [1.54, 1.807) is 19.0 Å². The summed E-state index contributed by atoms with van der Waals surface area (Å²) in [6.45, 7) is 0. The van der Waals surface area contributed by atoms with Gasteiger partial charge in [0.15, 0.2) is 0 Å². The van der Waals surface area contributed by atoms with Crippen LogP contribution in [0.25, 0.3) is 0 Å². The van der Waals surface area contributed by atoms with Crippen LogP contribution in [-0.4, -0.2) is 37.5 Å². The summed E-state index contributed by atoms with van der Waals surface area (Å²) in [6.07, 6.45) is 1.97. The van der Waals surface area contributed by atoms with E-state index < -0.39 is 0 Å². The molecule has 1 rings (SSSR count). The number of nitrogens with zero attached hydrogens (tertiary/aromatic N) is 1. The fourth-order valence-corrected chi connectivity index (χ4v) is 1.12. The van der Waals surface area contributed by atoms with E-state index in [0.29, 0.717) is 0 Å². The zero-order chi connectivity index (χ0) is 7.78. The van der Waals surface area contributed by atoms with Crippen LogP contribution in [-0.2, 0) is 4.79 Å². The molecule has 0 bridgehead atoms. The summed E-state index contributed by atoms with van der Waals surface area (Å²) in [5.74, 6) is 0.204. The average Bonchev–Trinajstić information content (AvgIpc) is 2.66. The number of nitrogens with one attached hydrogen (secondary N) is 1. The first-order chi connectivity index (χ1) is 4.62. The lowest BCUT2D eigenvalue weighted by atomic mass is 10.2. The van der Waals surface area contributed by atoms with E-state index in [2.05, 4.69) is 5.32 Å². The van der Waals surface area contributed by atoms with Crippen molar-refractivity contribution in [2.75, 3.05) is 21.1 Å². The minimum Gasteiger partial charge on any atom is -0.347 e. The Morgan fingerprint density at radius 1 is 1.50 bits per heavy atom. The molecule has 0 heterocycles. The highest BCUT2D eigenvalue weighted by atomic mass is 16.2. The lowest BCUT2D eigenvalue weighted by Gasteiger charge is -2.18. The molecule has 1 amide bonds. The second-order valence-corrected chi connectivity index (χ2v) is 3.03. The topological polar surface area (TPSA) is 32.3 Å². The predicted octanol–water partition coefficient (Wildman–Crippen LogP) is -0.173. The van der Waals surface area contributed by atoms with Crippen molar-refractivity contribution >= 4 is 5.91 Å². The lowest BCUT2D eigenvalue weighted by molar-refractivity contribution is -0.131. The fourth-order valence-electron chi connectivity index (χ4n) is 1.12. The van der Waals surface area contributed by atoms with E-state index >= 15 is 0 Å². The Hall–Kier alpha value is -0.570. The highest BCUT2D eigenvalue weighted by molar-refractivity contribution is 5.88. The Labute approximate surface area is 61.4 Å². The smallest absolute Gasteiger partial charge is 0.242 e. The highest BCUT2D eigenvalue weighted by Gasteiger charge is 2.49. The molecular weight excluding hydrogens is 128 g/mol. The number of amides is 1. The van der Waals surface area contributed by atoms with Crippen LogP contribution in [0, 0.1) is 0 Å². The largest absolute Gasteiger partial charge is 0.347 e. The molecule has 58 valence electrons. The Kier molecular flexibility index (Phi) is 1.68. The van der Waals surface area contributed by atoms with Gasteiger partial charge in [-0.15, -0.1) is 0 Å². The van der Waals surface area contributed by atoms with Gasteiger partial charge in [-0.05, 0) is 19.9 Å². The first-order valence-electron chi connectivity index (χ1n) is 3.53. The minimum absolute atomic E-state index is 0.191. The molecule has 0 aromatic carbocycles. The third kappa shape index (κ3) is 1.01. The molecule has 1 fully saturated rings. The summed E-state index contributed by atoms with van der Waals surface area (Å²) in [5.41, 5.74) is -0.191. The lowest BCUT2D eigenvalue weighted by Crippen LogP contribution is -2.44. The van der Waals surface area contributed by atoms with Crippen molar-refractivity contribution in [2.45, 2.75) is 18.4 Å². The fraction of sp³-hybridized carbons (Fsp3) is 0.857. The molecule has 0 saturated heterocycles. The van der Waals surface area contributed by atoms with Crippen LogP contribution >= 0.6 is 0 Å². The van der Waals surface area contributed by atoms with Crippen molar-refractivity contribution in [1.82, 2.24) is 10.2 Å². The van der Waals surface area contributed by atoms with Gasteiger partial charge in [-0.2, -0.15) is 0 Å². The molecule has 3 heteroatoms. The van der Waals surface area contributed by atoms with Gasteiger partial charge in [0.1, 0.15) is 0 Å². The third-order valence-corrected chi connectivity index (χ3v) is 2.04. The number of carbonyl (C=O) groups is 1. The van der Waals surface area contributed by atoms with Gasteiger partial charge >= 0.3 is 0 Å². The van der Waals surface area contributed by atoms with Crippen LogP contribution < -0.4 is 5.32 Å². The molecule has 1 aliphatic carbocycles. The van der Waals surface area contributed by atoms with Crippen LogP contribution in [0.15, 0.2) is 0 Å². The van der Waals surface area contributed by atoms with Crippen LogP contribution in [0.3, 0.4) is 0 Å². The molecular formula is C7H14N2O. The maximum absolute atomic E-state index is 11.3. The summed E-state index contributed by atoms with van der Waals surface area (Å²) in [5, 5.41) is 3.04. The summed E-state index contributed by atoms with van der Waals surface area (Å²) in [4.78, 5) is 13.0. The molecule has 0 radical (unpaired) electrons. The highest BCUT2D eigenvalue weighted by Crippen LogP contribution is 2.35. The zero-order valence-corrected chi connectivity index (χ0v) is 6.77. The van der Waals surface area contributed by atoms with E-state index in [-0.39, 0.29) is 11.4 Å². The summed E-state index contributed by atoms with van der Waals surface area (Å²) < 4.78 is 0. The molecule has 0 aromatic rings. The maximum Gasteiger partial charge on any atom is 0.242 e. The maximum atomic E-state index is 11.3. The molecule has 0 unspecified atom stereocenters. The van der Waals surface area contributed by atoms with Crippen LogP contribution in [0.2, 0.25) is 0 Å². The summed E-state index contributed by atoms with van der Waals surface area (Å²) in [6, 6.07) is 0. The number of hydrogen-bond donors (Lipinski definition) is 1. The number of hydrogen-bond acceptors (Lipinski definition) is 2. The molecule has 0 atom stereocenters. The molecule has 10 heavy (non-hydrogen) atoms. The van der Waals surface area contributed by atoms with Crippen LogP contribution in [0.5, 0.6) is 0 Å². The second-order valence-electron chi connectivity index (χ2n) is 3.03. The van der Waals surface area contributed by atoms with Crippen LogP contribution in [0.4, 0.5) is 0 Å². The molecule has 1 N–H and O–H groups in total. The average molecular weight is 142 g/mol. The van der Waals surface area contributed by atoms with Crippen LogP contribution in [0.1, 0.15) is 12.8 Å². The third-order valence-electron chi connectivity index (χ3n) is 2.04. The Morgan fingerprint density at radius 2 is 2.00 bits per heavy atom. The molecule has 1 saturated carbocycles. The van der Waals surface area contributed by atoms with Crippen molar-refractivity contribution in [3.05, 3.63) is 0 Å². The van der Waals surface area contributed by atoms with Gasteiger partial charge < -0.3 is 10.2 Å². The molecule has 0 spiro atoms. The van der Waals surface area contributed by atoms with E-state index in [1.165, 1.54) is 0 Å². The monoisotopic (exact) mass is 142 g/mol. The first-order valence-corrected chi connectivity index (χ1v) is 3.53. The van der Waals surface area contributed by atoms with Gasteiger partial charge in [0, 0.05) is 14.1 Å². The van der Waals surface area contributed by atoms with E-state index in [9.17, 15) is 4.79 Å².